The maximum absolute atomic E-state index is 2.41. The first-order valence-electron chi connectivity index (χ1n) is 13.5. The van der Waals surface area contributed by atoms with E-state index in [0.717, 1.165) is 13.0 Å². The Labute approximate surface area is 197 Å². The van der Waals surface area contributed by atoms with Gasteiger partial charge in [-0.15, -0.1) is 0 Å². The summed E-state index contributed by atoms with van der Waals surface area (Å²) in [6.45, 7) is 2.33. The van der Waals surface area contributed by atoms with Crippen molar-refractivity contribution in [1.82, 2.24) is 0 Å². The lowest BCUT2D eigenvalue weighted by Gasteiger charge is -2.04. The molecule has 0 radical (unpaired) electrons. The molecular weight excluding hydrogens is 388 g/mol. The van der Waals surface area contributed by atoms with Gasteiger partial charge in [-0.05, 0) is 57.1 Å². The molecule has 3 heterocycles. The van der Waals surface area contributed by atoms with Gasteiger partial charge in [0.25, 0.3) is 0 Å². The molecule has 0 saturated carbocycles. The molecule has 0 aliphatic carbocycles. The Kier molecular flexibility index (Phi) is 12.2. The van der Waals surface area contributed by atoms with E-state index in [1.54, 1.807) is 0 Å². The summed E-state index contributed by atoms with van der Waals surface area (Å²) in [5, 5.41) is 0. The third-order valence-electron chi connectivity index (χ3n) is 6.78. The molecule has 0 saturated heterocycles. The van der Waals surface area contributed by atoms with E-state index in [1.165, 1.54) is 114 Å². The number of hydrogen-bond donors (Lipinski definition) is 0. The molecule has 32 heavy (non-hydrogen) atoms. The molecule has 174 valence electrons. The van der Waals surface area contributed by atoms with Gasteiger partial charge in [-0.3, -0.25) is 0 Å². The van der Waals surface area contributed by atoms with Gasteiger partial charge in [-0.25, -0.2) is 9.13 Å². The largest absolute Gasteiger partial charge is 0.205 e. The second kappa shape index (κ2) is 15.8. The molecule has 2 aromatic rings. The molecule has 0 atom stereocenters. The van der Waals surface area contributed by atoms with Gasteiger partial charge < -0.3 is 0 Å². The maximum atomic E-state index is 2.41. The Morgan fingerprint density at radius 3 is 1.72 bits per heavy atom. The van der Waals surface area contributed by atoms with Crippen molar-refractivity contribution in [3.8, 4) is 0 Å². The lowest BCUT2D eigenvalue weighted by atomic mass is 10.0. The van der Waals surface area contributed by atoms with E-state index in [9.17, 15) is 0 Å². The van der Waals surface area contributed by atoms with E-state index in [4.69, 9.17) is 0 Å². The van der Waals surface area contributed by atoms with Crippen LogP contribution in [0.4, 0.5) is 0 Å². The maximum Gasteiger partial charge on any atom is 0.172 e. The Morgan fingerprint density at radius 2 is 1.03 bits per heavy atom. The van der Waals surface area contributed by atoms with E-state index in [0.29, 0.717) is 0 Å². The molecular formula is C30H46N2+2. The average molecular weight is 435 g/mol. The van der Waals surface area contributed by atoms with E-state index in [-0.39, 0.29) is 0 Å². The highest BCUT2D eigenvalue weighted by Gasteiger charge is 2.04. The summed E-state index contributed by atoms with van der Waals surface area (Å²) in [6, 6.07) is 9.03. The van der Waals surface area contributed by atoms with Crippen LogP contribution in [-0.4, -0.2) is 0 Å². The Hall–Kier alpha value is -1.96. The highest BCUT2D eigenvalue weighted by Crippen LogP contribution is 2.11. The molecule has 2 nitrogen and oxygen atoms in total. The summed E-state index contributed by atoms with van der Waals surface area (Å²) in [7, 11) is 0. The van der Waals surface area contributed by atoms with Crippen molar-refractivity contribution < 1.29 is 9.13 Å². The summed E-state index contributed by atoms with van der Waals surface area (Å²) < 4.78 is 4.80. The molecule has 2 heteroatoms. The highest BCUT2D eigenvalue weighted by atomic mass is 14.9. The van der Waals surface area contributed by atoms with Crippen molar-refractivity contribution in [1.29, 1.82) is 0 Å². The molecule has 0 aromatic carbocycles. The van der Waals surface area contributed by atoms with Gasteiger partial charge in [0.2, 0.25) is 0 Å². The van der Waals surface area contributed by atoms with Crippen molar-refractivity contribution in [3.05, 3.63) is 72.3 Å². The molecule has 0 spiro atoms. The fraction of sp³-hybridized carbons (Fsp3) is 0.600. The molecule has 3 rings (SSSR count). The van der Waals surface area contributed by atoms with Gasteiger partial charge in [0, 0.05) is 36.1 Å². The fourth-order valence-corrected chi connectivity index (χ4v) is 4.81. The van der Waals surface area contributed by atoms with Crippen molar-refractivity contribution in [2.45, 2.75) is 116 Å². The van der Waals surface area contributed by atoms with Crippen LogP contribution < -0.4 is 9.13 Å². The monoisotopic (exact) mass is 434 g/mol. The van der Waals surface area contributed by atoms with Gasteiger partial charge in [-0.1, -0.05) is 57.1 Å². The first kappa shape index (κ1) is 24.7. The van der Waals surface area contributed by atoms with Crippen LogP contribution in [0.2, 0.25) is 0 Å². The standard InChI is InChI=1S/C30H46N2/c1-3-7-11-15-23-31-25-18-22-30(28-31)20-14-10-6-2-4-8-12-16-24-32-26-17-21-29(27-32)19-13-9-5-1/h9,13,17-18,21-22,25-28H,1-8,10-12,14-16,19-20,23-24H2/q+2/b13-9+. The Bertz CT molecular complexity index is 780. The zero-order valence-electron chi connectivity index (χ0n) is 20.4. The third kappa shape index (κ3) is 10.6. The van der Waals surface area contributed by atoms with Crippen LogP contribution in [-0.2, 0) is 25.9 Å². The molecule has 0 N–H and O–H groups in total. The van der Waals surface area contributed by atoms with Gasteiger partial charge in [0.15, 0.2) is 24.8 Å². The van der Waals surface area contributed by atoms with E-state index in [1.807, 2.05) is 0 Å². The minimum absolute atomic E-state index is 1.07. The number of allylic oxidation sites excluding steroid dienone is 2. The molecule has 1 aliphatic rings. The first-order valence-corrected chi connectivity index (χ1v) is 13.5. The fourth-order valence-electron chi connectivity index (χ4n) is 4.81. The van der Waals surface area contributed by atoms with Crippen LogP contribution in [0.3, 0.4) is 0 Å². The number of aryl methyl sites for hydroxylation is 3. The van der Waals surface area contributed by atoms with E-state index < -0.39 is 0 Å². The van der Waals surface area contributed by atoms with Crippen LogP contribution in [0, 0.1) is 0 Å². The quantitative estimate of drug-likeness (QED) is 0.309. The first-order chi connectivity index (χ1) is 15.9. The molecule has 0 unspecified atom stereocenters. The average Bonchev–Trinajstić information content (AvgIpc) is 2.81. The van der Waals surface area contributed by atoms with Crippen molar-refractivity contribution in [2.24, 2.45) is 0 Å². The Balaban J connectivity index is 1.45. The summed E-state index contributed by atoms with van der Waals surface area (Å²) in [6.07, 6.45) is 35.2. The molecule has 4 bridgehead atoms. The zero-order chi connectivity index (χ0) is 22.1. The summed E-state index contributed by atoms with van der Waals surface area (Å²) in [4.78, 5) is 0. The smallest absolute Gasteiger partial charge is 0.172 e. The van der Waals surface area contributed by atoms with Gasteiger partial charge in [-0.2, -0.15) is 0 Å². The number of hydrogen-bond acceptors (Lipinski definition) is 0. The third-order valence-corrected chi connectivity index (χ3v) is 6.78. The minimum Gasteiger partial charge on any atom is -0.205 e. The van der Waals surface area contributed by atoms with E-state index in [2.05, 4.69) is 70.3 Å². The SMILES string of the molecule is C1=C/Cc2ccc[n+](c2)CCCCCCCCCCc2ccc[n+](c2)CCCCCCC/1. The second-order valence-electron chi connectivity index (χ2n) is 9.71. The summed E-state index contributed by atoms with van der Waals surface area (Å²) in [5.74, 6) is 0. The van der Waals surface area contributed by atoms with Gasteiger partial charge in [0.05, 0.1) is 0 Å². The van der Waals surface area contributed by atoms with Gasteiger partial charge >= 0.3 is 0 Å². The number of rotatable bonds is 0. The topological polar surface area (TPSA) is 7.76 Å². The van der Waals surface area contributed by atoms with Crippen LogP contribution >= 0.6 is 0 Å². The van der Waals surface area contributed by atoms with E-state index >= 15 is 0 Å². The number of nitrogens with zero attached hydrogens (tertiary/aromatic N) is 2. The number of pyridine rings is 2. The van der Waals surface area contributed by atoms with Crippen molar-refractivity contribution in [2.75, 3.05) is 0 Å². The molecule has 1 aliphatic heterocycles. The number of aromatic nitrogens is 2. The molecule has 0 fully saturated rings. The van der Waals surface area contributed by atoms with Crippen LogP contribution in [0.15, 0.2) is 61.2 Å². The van der Waals surface area contributed by atoms with Crippen LogP contribution in [0.25, 0.3) is 0 Å². The van der Waals surface area contributed by atoms with Crippen LogP contribution in [0.1, 0.15) is 101 Å². The second-order valence-corrected chi connectivity index (χ2v) is 9.71. The summed E-state index contributed by atoms with van der Waals surface area (Å²) in [5.41, 5.74) is 2.95. The Morgan fingerprint density at radius 1 is 0.500 bits per heavy atom. The predicted octanol–water partition coefficient (Wildman–Crippen LogP) is 7.08. The minimum atomic E-state index is 1.07. The van der Waals surface area contributed by atoms with Gasteiger partial charge in [0.1, 0.15) is 13.1 Å². The molecule has 2 aromatic heterocycles. The molecule has 0 amide bonds. The predicted molar refractivity (Wildman–Crippen MR) is 134 cm³/mol. The summed E-state index contributed by atoms with van der Waals surface area (Å²) >= 11 is 0. The normalized spacial score (nSPS) is 19.8. The lowest BCUT2D eigenvalue weighted by Crippen LogP contribution is -2.33. The van der Waals surface area contributed by atoms with Crippen LogP contribution in [0.5, 0.6) is 0 Å². The lowest BCUT2D eigenvalue weighted by molar-refractivity contribution is -0.697. The zero-order valence-corrected chi connectivity index (χ0v) is 20.4. The van der Waals surface area contributed by atoms with Crippen molar-refractivity contribution >= 4 is 0 Å². The number of fused-ring (bicyclic) bond motifs is 4. The van der Waals surface area contributed by atoms with Crippen molar-refractivity contribution in [3.63, 3.8) is 0 Å². The highest BCUT2D eigenvalue weighted by molar-refractivity contribution is 5.10.